The summed E-state index contributed by atoms with van der Waals surface area (Å²) in [7, 11) is -4.99. The van der Waals surface area contributed by atoms with Crippen LogP contribution in [0.15, 0.2) is 40.9 Å². The van der Waals surface area contributed by atoms with Crippen molar-refractivity contribution in [3.05, 3.63) is 47.1 Å². The van der Waals surface area contributed by atoms with Gasteiger partial charge < -0.3 is 31.9 Å². The first-order valence-electron chi connectivity index (χ1n) is 14.1. The van der Waals surface area contributed by atoms with Crippen LogP contribution in [0.3, 0.4) is 0 Å². The SMILES string of the molecule is CC1(C)[C@H](CC(=O)/C(=N\O[C@@H](COc2ccc(-c3cc(CN)n(CCCN)n3)cc2)C(=O)O)c2csc(N)n2)C(=O)N1OS(=O)(=O)O. The number of benzene rings is 1. The van der Waals surface area contributed by atoms with Crippen molar-refractivity contribution in [3.8, 4) is 17.0 Å². The lowest BCUT2D eigenvalue weighted by Crippen LogP contribution is -2.68. The predicted molar refractivity (Wildman–Crippen MR) is 167 cm³/mol. The van der Waals surface area contributed by atoms with Crippen molar-refractivity contribution >= 4 is 50.2 Å². The number of nitrogen functional groups attached to an aromatic ring is 1. The number of carboxylic acids is 1. The Bertz CT molecular complexity index is 1750. The van der Waals surface area contributed by atoms with E-state index >= 15 is 0 Å². The molecule has 0 spiro atoms. The van der Waals surface area contributed by atoms with Crippen LogP contribution >= 0.6 is 11.3 Å². The minimum Gasteiger partial charge on any atom is -0.489 e. The number of anilines is 1. The first-order chi connectivity index (χ1) is 22.1. The Kier molecular flexibility index (Phi) is 10.9. The van der Waals surface area contributed by atoms with Gasteiger partial charge in [0.25, 0.3) is 12.0 Å². The largest absolute Gasteiger partial charge is 0.489 e. The number of rotatable bonds is 17. The van der Waals surface area contributed by atoms with E-state index in [1.54, 1.807) is 28.9 Å². The summed E-state index contributed by atoms with van der Waals surface area (Å²) in [6.45, 7) is 3.80. The third-order valence-electron chi connectivity index (χ3n) is 7.21. The number of thiazole rings is 1. The van der Waals surface area contributed by atoms with Gasteiger partial charge in [0.1, 0.15) is 18.1 Å². The zero-order valence-electron chi connectivity index (χ0n) is 25.3. The Balaban J connectivity index is 1.45. The van der Waals surface area contributed by atoms with Gasteiger partial charge in [-0.2, -0.15) is 18.6 Å². The summed E-state index contributed by atoms with van der Waals surface area (Å²) in [4.78, 5) is 47.1. The number of nitrogens with zero attached hydrogens (tertiary/aromatic N) is 5. The number of aromatic nitrogens is 3. The Morgan fingerprint density at radius 3 is 2.47 bits per heavy atom. The monoisotopic (exact) mass is 694 g/mol. The number of carbonyl (C=O) groups is 3. The highest BCUT2D eigenvalue weighted by atomic mass is 32.3. The number of hydrogen-bond acceptors (Lipinski definition) is 15. The van der Waals surface area contributed by atoms with Crippen molar-refractivity contribution in [1.82, 2.24) is 19.8 Å². The van der Waals surface area contributed by atoms with Crippen LogP contribution in [0, 0.1) is 5.92 Å². The van der Waals surface area contributed by atoms with E-state index in [9.17, 15) is 27.9 Å². The molecule has 1 aliphatic heterocycles. The number of oxime groups is 1. The molecule has 2 atom stereocenters. The number of ketones is 1. The maximum absolute atomic E-state index is 13.3. The van der Waals surface area contributed by atoms with Crippen molar-refractivity contribution in [2.24, 2.45) is 22.5 Å². The molecular formula is C27H34N8O10S2. The predicted octanol–water partition coefficient (Wildman–Crippen LogP) is 0.580. The van der Waals surface area contributed by atoms with E-state index < -0.39 is 64.4 Å². The van der Waals surface area contributed by atoms with Crippen molar-refractivity contribution in [1.29, 1.82) is 0 Å². The fourth-order valence-corrected chi connectivity index (χ4v) is 5.64. The van der Waals surface area contributed by atoms with E-state index in [0.717, 1.165) is 29.0 Å². The van der Waals surface area contributed by atoms with Gasteiger partial charge in [0.05, 0.1) is 22.8 Å². The van der Waals surface area contributed by atoms with Gasteiger partial charge in [-0.05, 0) is 57.1 Å². The number of amides is 1. The van der Waals surface area contributed by atoms with Gasteiger partial charge >= 0.3 is 16.4 Å². The Labute approximate surface area is 273 Å². The second-order valence-corrected chi connectivity index (χ2v) is 12.7. The Morgan fingerprint density at radius 2 is 1.91 bits per heavy atom. The molecule has 254 valence electrons. The molecule has 47 heavy (non-hydrogen) atoms. The minimum atomic E-state index is -4.99. The first kappa shape index (κ1) is 35.4. The molecule has 18 nitrogen and oxygen atoms in total. The minimum absolute atomic E-state index is 0.0305. The van der Waals surface area contributed by atoms with Crippen LogP contribution in [0.25, 0.3) is 11.3 Å². The number of carboxylic acid groups (broad SMARTS) is 1. The molecule has 1 amide bonds. The third kappa shape index (κ3) is 8.47. The van der Waals surface area contributed by atoms with Crippen LogP contribution in [0.4, 0.5) is 5.13 Å². The van der Waals surface area contributed by atoms with Gasteiger partial charge in [0.2, 0.25) is 0 Å². The number of nitrogens with two attached hydrogens (primary N) is 3. The van der Waals surface area contributed by atoms with E-state index in [1.165, 1.54) is 19.2 Å². The van der Waals surface area contributed by atoms with Gasteiger partial charge in [-0.25, -0.2) is 9.78 Å². The summed E-state index contributed by atoms with van der Waals surface area (Å²) >= 11 is 0.980. The quantitative estimate of drug-likeness (QED) is 0.0559. The van der Waals surface area contributed by atoms with Crippen molar-refractivity contribution in [3.63, 3.8) is 0 Å². The first-order valence-corrected chi connectivity index (χ1v) is 16.3. The lowest BCUT2D eigenvalue weighted by molar-refractivity contribution is -0.228. The van der Waals surface area contributed by atoms with Crippen LogP contribution in [0.2, 0.25) is 0 Å². The summed E-state index contributed by atoms with van der Waals surface area (Å²) in [6.07, 6.45) is -1.42. The molecule has 8 N–H and O–H groups in total. The van der Waals surface area contributed by atoms with Crippen LogP contribution in [0.5, 0.6) is 5.75 Å². The van der Waals surface area contributed by atoms with Gasteiger partial charge in [0, 0.05) is 30.5 Å². The zero-order valence-corrected chi connectivity index (χ0v) is 26.9. The van der Waals surface area contributed by atoms with E-state index in [2.05, 4.69) is 19.5 Å². The highest BCUT2D eigenvalue weighted by molar-refractivity contribution is 7.80. The van der Waals surface area contributed by atoms with Crippen molar-refractivity contribution in [2.75, 3.05) is 18.9 Å². The molecule has 1 saturated heterocycles. The normalized spacial score (nSPS) is 16.9. The number of carbonyl (C=O) groups excluding carboxylic acids is 2. The molecule has 1 aromatic carbocycles. The number of ether oxygens (including phenoxy) is 1. The highest BCUT2D eigenvalue weighted by Crippen LogP contribution is 2.40. The smallest absolute Gasteiger partial charge is 0.418 e. The molecule has 1 fully saturated rings. The van der Waals surface area contributed by atoms with E-state index in [1.807, 2.05) is 6.07 Å². The molecule has 0 aliphatic carbocycles. The Morgan fingerprint density at radius 1 is 1.21 bits per heavy atom. The van der Waals surface area contributed by atoms with Crippen LogP contribution in [-0.2, 0) is 47.0 Å². The number of hydroxylamine groups is 2. The molecule has 4 rings (SSSR count). The van der Waals surface area contributed by atoms with E-state index in [0.29, 0.717) is 36.1 Å². The fraction of sp³-hybridized carbons (Fsp3) is 0.407. The molecule has 0 unspecified atom stereocenters. The second-order valence-electron chi connectivity index (χ2n) is 10.8. The molecule has 0 saturated carbocycles. The van der Waals surface area contributed by atoms with Gasteiger partial charge in [0.15, 0.2) is 16.6 Å². The summed E-state index contributed by atoms with van der Waals surface area (Å²) in [5, 5.41) is 20.0. The lowest BCUT2D eigenvalue weighted by Gasteiger charge is -2.50. The molecule has 2 aromatic heterocycles. The average Bonchev–Trinajstić information content (AvgIpc) is 3.64. The molecule has 3 heterocycles. The van der Waals surface area contributed by atoms with E-state index in [-0.39, 0.29) is 10.8 Å². The van der Waals surface area contributed by atoms with Gasteiger partial charge in [-0.3, -0.25) is 18.8 Å². The van der Waals surface area contributed by atoms with Gasteiger partial charge in [-0.15, -0.1) is 15.6 Å². The highest BCUT2D eigenvalue weighted by Gasteiger charge is 2.57. The maximum atomic E-state index is 13.3. The van der Waals surface area contributed by atoms with Gasteiger partial charge in [-0.1, -0.05) is 5.16 Å². The molecule has 20 heteroatoms. The lowest BCUT2D eigenvalue weighted by atomic mass is 9.74. The second kappa shape index (κ2) is 14.5. The topological polar surface area (TPSA) is 278 Å². The standard InChI is InChI=1S/C27H34N8O10S2/c1-27(2)18(24(37)35(27)45-47(40,41)42)11-21(36)23(20-14-46-26(30)31-20)33-44-22(25(38)39)13-43-17-6-4-15(5-7-17)19-10-16(12-29)34(32-19)9-3-8-28/h4-7,10,14,18,22H,3,8-9,11-13,28-29H2,1-2H3,(H2,30,31)(H,38,39)(H,40,41,42)/b33-23-/t18-,22+/m1/s1. The number of aryl methyl sites for hydroxylation is 1. The summed E-state index contributed by atoms with van der Waals surface area (Å²) in [5.41, 5.74) is 17.7. The third-order valence-corrected chi connectivity index (χ3v) is 8.22. The molecule has 0 radical (unpaired) electrons. The summed E-state index contributed by atoms with van der Waals surface area (Å²) < 4.78 is 42.9. The number of hydrogen-bond donors (Lipinski definition) is 5. The number of β-lactam (4-membered cyclic amide) rings is 1. The summed E-state index contributed by atoms with van der Waals surface area (Å²) in [6, 6.07) is 8.61. The van der Waals surface area contributed by atoms with Crippen molar-refractivity contribution < 1.29 is 46.3 Å². The number of Topliss-reactive ketones (excluding diaryl/α,β-unsaturated/α-hetero) is 1. The molecule has 3 aromatic rings. The molecule has 1 aliphatic rings. The van der Waals surface area contributed by atoms with E-state index in [4.69, 9.17) is 31.3 Å². The summed E-state index contributed by atoms with van der Waals surface area (Å²) in [5.74, 6) is -3.87. The fourth-order valence-electron chi connectivity index (χ4n) is 4.64. The Hall–Kier alpha value is -4.47. The maximum Gasteiger partial charge on any atom is 0.418 e. The van der Waals surface area contributed by atoms with Crippen LogP contribution in [0.1, 0.15) is 38.1 Å². The zero-order chi connectivity index (χ0) is 34.5. The van der Waals surface area contributed by atoms with Crippen LogP contribution < -0.4 is 21.9 Å². The molecule has 0 bridgehead atoms. The molecular weight excluding hydrogens is 660 g/mol. The number of aliphatic carboxylic acids is 1. The van der Waals surface area contributed by atoms with Crippen molar-refractivity contribution in [2.45, 2.75) is 51.4 Å². The average molecular weight is 695 g/mol. The van der Waals surface area contributed by atoms with Crippen LogP contribution in [-0.4, -0.2) is 86.1 Å².